The highest BCUT2D eigenvalue weighted by atomic mass is 31.1. The molecule has 0 radical (unpaired) electrons. The second kappa shape index (κ2) is 11.5. The minimum Gasteiger partial charge on any atom is -0.256 e. The monoisotopic (exact) mass is 598 g/mol. The van der Waals surface area contributed by atoms with E-state index >= 15 is 0 Å². The number of hydrogen-bond donors (Lipinski definition) is 0. The Bertz CT molecular complexity index is 1580. The Balaban J connectivity index is 1.36. The highest BCUT2D eigenvalue weighted by Crippen LogP contribution is 2.70. The van der Waals surface area contributed by atoms with E-state index in [1.54, 1.807) is 11.1 Å². The SMILES string of the molecule is PCC1C2CC3CC(C2)CC1(C1=C(CP(c2ccccn2)c2ccccn2)C=C(c2ccccc2)C1c1ccccc1)C3. The lowest BCUT2D eigenvalue weighted by atomic mass is 9.42. The van der Waals surface area contributed by atoms with Crippen molar-refractivity contribution >= 4 is 33.6 Å². The van der Waals surface area contributed by atoms with Gasteiger partial charge in [0.15, 0.2) is 0 Å². The van der Waals surface area contributed by atoms with E-state index in [-0.39, 0.29) is 5.41 Å². The first-order valence-corrected chi connectivity index (χ1v) is 18.4. The fourth-order valence-corrected chi connectivity index (χ4v) is 12.7. The molecule has 5 atom stereocenters. The highest BCUT2D eigenvalue weighted by Gasteiger charge is 2.60. The Morgan fingerprint density at radius 3 is 1.91 bits per heavy atom. The van der Waals surface area contributed by atoms with Crippen molar-refractivity contribution in [3.63, 3.8) is 0 Å². The number of allylic oxidation sites excluding steroid dienone is 4. The Kier molecular flexibility index (Phi) is 7.41. The summed E-state index contributed by atoms with van der Waals surface area (Å²) in [5.74, 6) is 3.65. The van der Waals surface area contributed by atoms with Crippen molar-refractivity contribution in [3.05, 3.63) is 138 Å². The van der Waals surface area contributed by atoms with Crippen molar-refractivity contribution in [1.29, 1.82) is 0 Å². The van der Waals surface area contributed by atoms with Crippen molar-refractivity contribution in [2.24, 2.45) is 29.1 Å². The van der Waals surface area contributed by atoms with Gasteiger partial charge in [-0.1, -0.05) is 78.9 Å². The van der Waals surface area contributed by atoms with Crippen LogP contribution in [-0.4, -0.2) is 22.3 Å². The Hall–Kier alpha value is -2.92. The van der Waals surface area contributed by atoms with Gasteiger partial charge in [0.05, 0.1) is 10.9 Å². The van der Waals surface area contributed by atoms with Crippen LogP contribution in [-0.2, 0) is 0 Å². The molecule has 0 saturated heterocycles. The van der Waals surface area contributed by atoms with Gasteiger partial charge in [-0.05, 0) is 119 Å². The molecule has 0 N–H and O–H groups in total. The van der Waals surface area contributed by atoms with E-state index in [2.05, 4.69) is 100 Å². The number of aromatic nitrogens is 2. The van der Waals surface area contributed by atoms with E-state index in [9.17, 15) is 0 Å². The second-order valence-corrected chi connectivity index (χ2v) is 15.9. The number of hydrogen-bond acceptors (Lipinski definition) is 2. The summed E-state index contributed by atoms with van der Waals surface area (Å²) < 4.78 is 0. The van der Waals surface area contributed by atoms with Gasteiger partial charge >= 0.3 is 0 Å². The Morgan fingerprint density at radius 2 is 1.33 bits per heavy atom. The van der Waals surface area contributed by atoms with Crippen LogP contribution in [0.2, 0.25) is 0 Å². The van der Waals surface area contributed by atoms with E-state index < -0.39 is 7.92 Å². The molecule has 0 aliphatic heterocycles. The molecular weight excluding hydrogens is 558 g/mol. The molecule has 2 heterocycles. The van der Waals surface area contributed by atoms with Crippen LogP contribution >= 0.6 is 17.2 Å². The maximum absolute atomic E-state index is 4.94. The standard InChI is InChI=1S/C39H40N2P2/c42-25-34-31-20-27-19-28(21-31)24-39(34,23-27)38-32(26-43(35-15-7-9-17-40-35)36-16-8-10-18-41-36)22-33(29-11-3-1-4-12-29)37(38)30-13-5-2-6-14-30/h1-18,22,27-28,31,34,37H,19-21,23-26,42H2. The molecule has 0 amide bonds. The summed E-state index contributed by atoms with van der Waals surface area (Å²) in [4.78, 5) is 9.89. The lowest BCUT2D eigenvalue weighted by Gasteiger charge is -2.63. The molecule has 2 nitrogen and oxygen atoms in total. The fourth-order valence-electron chi connectivity index (χ4n) is 9.76. The zero-order valence-corrected chi connectivity index (χ0v) is 26.8. The number of nitrogens with zero attached hydrogens (tertiary/aromatic N) is 2. The van der Waals surface area contributed by atoms with Crippen LogP contribution in [0, 0.1) is 29.1 Å². The van der Waals surface area contributed by atoms with E-state index in [4.69, 9.17) is 9.97 Å². The molecule has 216 valence electrons. The maximum atomic E-state index is 4.94. The zero-order chi connectivity index (χ0) is 28.8. The lowest BCUT2D eigenvalue weighted by molar-refractivity contribution is -0.0796. The zero-order valence-electron chi connectivity index (χ0n) is 24.7. The van der Waals surface area contributed by atoms with Gasteiger partial charge in [-0.2, -0.15) is 0 Å². The minimum atomic E-state index is -0.754. The number of rotatable bonds is 8. The van der Waals surface area contributed by atoms with Crippen LogP contribution in [0.3, 0.4) is 0 Å². The maximum Gasteiger partial charge on any atom is 0.0695 e. The van der Waals surface area contributed by atoms with Gasteiger partial charge in [0.2, 0.25) is 0 Å². The van der Waals surface area contributed by atoms with Gasteiger partial charge in [-0.3, -0.25) is 9.97 Å². The van der Waals surface area contributed by atoms with Crippen LogP contribution in [0.5, 0.6) is 0 Å². The predicted molar refractivity (Wildman–Crippen MR) is 184 cm³/mol. The summed E-state index contributed by atoms with van der Waals surface area (Å²) in [5, 5.41) is 0. The molecule has 4 bridgehead atoms. The third kappa shape index (κ3) is 4.87. The van der Waals surface area contributed by atoms with Crippen LogP contribution < -0.4 is 10.9 Å². The average molecular weight is 599 g/mol. The highest BCUT2D eigenvalue weighted by molar-refractivity contribution is 7.72. The topological polar surface area (TPSA) is 25.8 Å². The summed E-state index contributed by atoms with van der Waals surface area (Å²) in [6, 6.07) is 35.5. The first-order chi connectivity index (χ1) is 21.2. The molecule has 4 saturated carbocycles. The fraction of sp³-hybridized carbons (Fsp3) is 0.333. The molecule has 4 heteroatoms. The molecule has 4 fully saturated rings. The smallest absolute Gasteiger partial charge is 0.0695 e. The van der Waals surface area contributed by atoms with Crippen LogP contribution in [0.15, 0.2) is 127 Å². The number of benzene rings is 2. The van der Waals surface area contributed by atoms with Crippen molar-refractivity contribution in [3.8, 4) is 0 Å². The molecule has 4 aromatic rings. The summed E-state index contributed by atoms with van der Waals surface area (Å²) in [6.45, 7) is 0. The van der Waals surface area contributed by atoms with Crippen molar-refractivity contribution in [2.75, 3.05) is 12.3 Å². The quantitative estimate of drug-likeness (QED) is 0.190. The summed E-state index contributed by atoms with van der Waals surface area (Å²) >= 11 is 0. The first kappa shape index (κ1) is 27.6. The number of pyridine rings is 2. The molecule has 0 spiro atoms. The van der Waals surface area contributed by atoms with Crippen LogP contribution in [0.25, 0.3) is 5.57 Å². The molecule has 5 aliphatic rings. The minimum absolute atomic E-state index is 0.259. The van der Waals surface area contributed by atoms with E-state index in [0.717, 1.165) is 29.8 Å². The summed E-state index contributed by atoms with van der Waals surface area (Å²) in [6.07, 6.45) is 15.8. The van der Waals surface area contributed by atoms with Gasteiger partial charge in [-0.15, -0.1) is 9.24 Å². The second-order valence-electron chi connectivity index (χ2n) is 13.3. The van der Waals surface area contributed by atoms with Crippen LogP contribution in [0.1, 0.15) is 49.1 Å². The van der Waals surface area contributed by atoms with Gasteiger partial charge in [0.25, 0.3) is 0 Å². The normalized spacial score (nSPS) is 29.3. The molecule has 43 heavy (non-hydrogen) atoms. The lowest BCUT2D eigenvalue weighted by Crippen LogP contribution is -2.54. The van der Waals surface area contributed by atoms with E-state index in [0.29, 0.717) is 5.92 Å². The third-order valence-electron chi connectivity index (χ3n) is 11.0. The Morgan fingerprint density at radius 1 is 0.721 bits per heavy atom. The molecule has 2 aromatic heterocycles. The van der Waals surface area contributed by atoms with Crippen molar-refractivity contribution in [1.82, 2.24) is 9.97 Å². The van der Waals surface area contributed by atoms with E-state index in [1.807, 2.05) is 24.5 Å². The Labute approximate surface area is 260 Å². The van der Waals surface area contributed by atoms with Gasteiger partial charge < -0.3 is 0 Å². The van der Waals surface area contributed by atoms with Gasteiger partial charge in [0.1, 0.15) is 0 Å². The van der Waals surface area contributed by atoms with Crippen molar-refractivity contribution in [2.45, 2.75) is 38.0 Å². The summed E-state index contributed by atoms with van der Waals surface area (Å²) in [5.41, 5.74) is 10.2. The molecule has 5 aliphatic carbocycles. The molecular formula is C39H40N2P2. The third-order valence-corrected chi connectivity index (χ3v) is 13.8. The largest absolute Gasteiger partial charge is 0.256 e. The van der Waals surface area contributed by atoms with Crippen molar-refractivity contribution < 1.29 is 0 Å². The van der Waals surface area contributed by atoms with Gasteiger partial charge in [0, 0.05) is 32.4 Å². The van der Waals surface area contributed by atoms with Gasteiger partial charge in [-0.25, -0.2) is 0 Å². The van der Waals surface area contributed by atoms with E-state index in [1.165, 1.54) is 65.8 Å². The van der Waals surface area contributed by atoms with Crippen LogP contribution in [0.4, 0.5) is 0 Å². The average Bonchev–Trinajstić information content (AvgIpc) is 3.45. The first-order valence-electron chi connectivity index (χ1n) is 16.1. The summed E-state index contributed by atoms with van der Waals surface area (Å²) in [7, 11) is 2.45. The molecule has 5 unspecified atom stereocenters. The predicted octanol–water partition coefficient (Wildman–Crippen LogP) is 8.40. The molecule has 9 rings (SSSR count). The molecule has 2 aromatic carbocycles.